The Kier molecular flexibility index (Phi) is 4.53. The van der Waals surface area contributed by atoms with Crippen molar-refractivity contribution in [1.82, 2.24) is 0 Å². The number of rotatable bonds is 3. The molecule has 0 bridgehead atoms. The van der Waals surface area contributed by atoms with Crippen LogP contribution in [-0.4, -0.2) is 0 Å². The fraction of sp³-hybridized carbons (Fsp3) is 0. The number of benzene rings is 7. The molecule has 35 heavy (non-hydrogen) atoms. The second kappa shape index (κ2) is 8.00. The van der Waals surface area contributed by atoms with Gasteiger partial charge in [0, 0.05) is 17.1 Å². The maximum Gasteiger partial charge on any atom is 0.0468 e. The monoisotopic (exact) mass is 445 g/mol. The summed E-state index contributed by atoms with van der Waals surface area (Å²) in [7, 11) is 0. The van der Waals surface area contributed by atoms with E-state index in [2.05, 4.69) is 144 Å². The highest BCUT2D eigenvalue weighted by Crippen LogP contribution is 2.39. The summed E-state index contributed by atoms with van der Waals surface area (Å²) in [6.45, 7) is 0. The standard InChI is InChI=1S/C34H23N/c1-3-10-27-21-30(17-15-24(27)7-1)35(31-18-16-25-8-2-4-11-28(25)22-31)32-19-20-34-29(23-32)14-13-26-9-5-6-12-33(26)34/h1-23H. The maximum atomic E-state index is 2.37. The zero-order valence-corrected chi connectivity index (χ0v) is 19.2. The molecule has 0 aromatic heterocycles. The van der Waals surface area contributed by atoms with Gasteiger partial charge in [0.15, 0.2) is 0 Å². The highest BCUT2D eigenvalue weighted by molar-refractivity contribution is 6.08. The van der Waals surface area contributed by atoms with E-state index in [0.29, 0.717) is 0 Å². The fourth-order valence-electron chi connectivity index (χ4n) is 5.22. The topological polar surface area (TPSA) is 3.24 Å². The van der Waals surface area contributed by atoms with E-state index < -0.39 is 0 Å². The summed E-state index contributed by atoms with van der Waals surface area (Å²) in [6, 6.07) is 50.4. The minimum atomic E-state index is 1.15. The molecule has 0 saturated carbocycles. The lowest BCUT2D eigenvalue weighted by molar-refractivity contribution is 1.30. The molecule has 0 radical (unpaired) electrons. The van der Waals surface area contributed by atoms with Crippen molar-refractivity contribution in [3.63, 3.8) is 0 Å². The Morgan fingerprint density at radius 2 is 0.686 bits per heavy atom. The van der Waals surface area contributed by atoms with E-state index >= 15 is 0 Å². The SMILES string of the molecule is c1ccc2cc(N(c3ccc4ccccc4c3)c3ccc4c(ccc5ccccc54)c3)ccc2c1. The first-order valence-corrected chi connectivity index (χ1v) is 12.0. The van der Waals surface area contributed by atoms with Crippen LogP contribution in [0.2, 0.25) is 0 Å². The Bertz CT molecular complexity index is 1790. The van der Waals surface area contributed by atoms with Gasteiger partial charge in [-0.1, -0.05) is 103 Å². The quantitative estimate of drug-likeness (QED) is 0.245. The van der Waals surface area contributed by atoms with Gasteiger partial charge in [-0.25, -0.2) is 0 Å². The number of fused-ring (bicyclic) bond motifs is 5. The Morgan fingerprint density at radius 3 is 1.31 bits per heavy atom. The van der Waals surface area contributed by atoms with Crippen molar-refractivity contribution >= 4 is 60.2 Å². The van der Waals surface area contributed by atoms with Gasteiger partial charge < -0.3 is 4.90 Å². The molecule has 1 heteroatoms. The zero-order valence-electron chi connectivity index (χ0n) is 19.2. The number of nitrogens with zero attached hydrogens (tertiary/aromatic N) is 1. The second-order valence-corrected chi connectivity index (χ2v) is 9.09. The highest BCUT2D eigenvalue weighted by Gasteiger charge is 2.15. The van der Waals surface area contributed by atoms with Crippen molar-refractivity contribution in [2.75, 3.05) is 4.90 Å². The van der Waals surface area contributed by atoms with Crippen LogP contribution in [0.3, 0.4) is 0 Å². The molecule has 7 aromatic rings. The molecular formula is C34H23N. The third-order valence-corrected chi connectivity index (χ3v) is 6.97. The second-order valence-electron chi connectivity index (χ2n) is 9.09. The average molecular weight is 446 g/mol. The molecule has 0 heterocycles. The van der Waals surface area contributed by atoms with Gasteiger partial charge in [0.1, 0.15) is 0 Å². The third-order valence-electron chi connectivity index (χ3n) is 6.97. The van der Waals surface area contributed by atoms with Gasteiger partial charge in [-0.05, 0) is 79.5 Å². The van der Waals surface area contributed by atoms with E-state index in [1.165, 1.54) is 43.1 Å². The predicted octanol–water partition coefficient (Wildman–Crippen LogP) is 9.77. The molecule has 0 unspecified atom stereocenters. The van der Waals surface area contributed by atoms with E-state index in [0.717, 1.165) is 17.1 Å². The Balaban J connectivity index is 1.46. The summed E-state index contributed by atoms with van der Waals surface area (Å²) >= 11 is 0. The lowest BCUT2D eigenvalue weighted by Gasteiger charge is -2.26. The average Bonchev–Trinajstić information content (AvgIpc) is 2.93. The van der Waals surface area contributed by atoms with Gasteiger partial charge >= 0.3 is 0 Å². The van der Waals surface area contributed by atoms with Crippen molar-refractivity contribution in [3.05, 3.63) is 140 Å². The molecule has 0 spiro atoms. The molecule has 0 fully saturated rings. The van der Waals surface area contributed by atoms with Crippen LogP contribution < -0.4 is 4.90 Å². The molecule has 7 rings (SSSR count). The molecule has 0 aliphatic rings. The molecular weight excluding hydrogens is 422 g/mol. The van der Waals surface area contributed by atoms with Crippen molar-refractivity contribution in [1.29, 1.82) is 0 Å². The van der Waals surface area contributed by atoms with E-state index in [1.54, 1.807) is 0 Å². The van der Waals surface area contributed by atoms with Crippen LogP contribution in [0, 0.1) is 0 Å². The van der Waals surface area contributed by atoms with E-state index in [-0.39, 0.29) is 0 Å². The first-order valence-electron chi connectivity index (χ1n) is 12.0. The molecule has 0 saturated heterocycles. The number of hydrogen-bond acceptors (Lipinski definition) is 1. The minimum absolute atomic E-state index is 1.15. The van der Waals surface area contributed by atoms with Gasteiger partial charge in [0.25, 0.3) is 0 Å². The lowest BCUT2D eigenvalue weighted by Crippen LogP contribution is -2.10. The maximum absolute atomic E-state index is 2.37. The van der Waals surface area contributed by atoms with Gasteiger partial charge in [-0.15, -0.1) is 0 Å². The van der Waals surface area contributed by atoms with E-state index in [9.17, 15) is 0 Å². The van der Waals surface area contributed by atoms with E-state index in [1.807, 2.05) is 0 Å². The Labute approximate surface area is 204 Å². The zero-order chi connectivity index (χ0) is 23.2. The largest absolute Gasteiger partial charge is 0.310 e. The molecule has 164 valence electrons. The van der Waals surface area contributed by atoms with Gasteiger partial charge in [-0.2, -0.15) is 0 Å². The Hall–Kier alpha value is -4.62. The molecule has 0 aliphatic heterocycles. The summed E-state index contributed by atoms with van der Waals surface area (Å²) in [6.07, 6.45) is 0. The first kappa shape index (κ1) is 19.8. The number of anilines is 3. The van der Waals surface area contributed by atoms with Crippen molar-refractivity contribution in [3.8, 4) is 0 Å². The molecule has 1 nitrogen and oxygen atoms in total. The summed E-state index contributed by atoms with van der Waals surface area (Å²) in [5.74, 6) is 0. The highest BCUT2D eigenvalue weighted by atomic mass is 15.1. The first-order chi connectivity index (χ1) is 17.3. The fourth-order valence-corrected chi connectivity index (χ4v) is 5.22. The van der Waals surface area contributed by atoms with Gasteiger partial charge in [0.05, 0.1) is 0 Å². The van der Waals surface area contributed by atoms with Gasteiger partial charge in [-0.3, -0.25) is 0 Å². The van der Waals surface area contributed by atoms with Crippen LogP contribution in [-0.2, 0) is 0 Å². The summed E-state index contributed by atoms with van der Waals surface area (Å²) in [5, 5.41) is 10.1. The molecule has 0 N–H and O–H groups in total. The summed E-state index contributed by atoms with van der Waals surface area (Å²) in [5.41, 5.74) is 3.46. The molecule has 0 amide bonds. The van der Waals surface area contributed by atoms with Crippen LogP contribution in [0.1, 0.15) is 0 Å². The van der Waals surface area contributed by atoms with Crippen LogP contribution in [0.25, 0.3) is 43.1 Å². The van der Waals surface area contributed by atoms with Crippen LogP contribution >= 0.6 is 0 Å². The number of hydrogen-bond donors (Lipinski definition) is 0. The Morgan fingerprint density at radius 1 is 0.286 bits per heavy atom. The van der Waals surface area contributed by atoms with Crippen LogP contribution in [0.4, 0.5) is 17.1 Å². The summed E-state index contributed by atoms with van der Waals surface area (Å²) < 4.78 is 0. The molecule has 0 atom stereocenters. The van der Waals surface area contributed by atoms with Crippen molar-refractivity contribution in [2.24, 2.45) is 0 Å². The van der Waals surface area contributed by atoms with E-state index in [4.69, 9.17) is 0 Å². The summed E-state index contributed by atoms with van der Waals surface area (Å²) in [4.78, 5) is 2.37. The van der Waals surface area contributed by atoms with Crippen LogP contribution in [0.15, 0.2) is 140 Å². The lowest BCUT2D eigenvalue weighted by atomic mass is 10.0. The van der Waals surface area contributed by atoms with Crippen molar-refractivity contribution in [2.45, 2.75) is 0 Å². The minimum Gasteiger partial charge on any atom is -0.310 e. The smallest absolute Gasteiger partial charge is 0.0468 e. The predicted molar refractivity (Wildman–Crippen MR) is 151 cm³/mol. The normalized spacial score (nSPS) is 11.4. The molecule has 7 aromatic carbocycles. The van der Waals surface area contributed by atoms with Crippen molar-refractivity contribution < 1.29 is 0 Å². The third kappa shape index (κ3) is 3.41. The van der Waals surface area contributed by atoms with Crippen LogP contribution in [0.5, 0.6) is 0 Å². The van der Waals surface area contributed by atoms with Gasteiger partial charge in [0.2, 0.25) is 0 Å². The molecule has 0 aliphatic carbocycles.